The van der Waals surface area contributed by atoms with E-state index in [1.165, 1.54) is 12.7 Å². The molecule has 0 saturated carbocycles. The zero-order chi connectivity index (χ0) is 14.5. The highest BCUT2D eigenvalue weighted by Gasteiger charge is 2.14. The van der Waals surface area contributed by atoms with E-state index >= 15 is 0 Å². The molecule has 0 unspecified atom stereocenters. The van der Waals surface area contributed by atoms with Gasteiger partial charge in [-0.15, -0.1) is 0 Å². The number of hydrogen-bond donors (Lipinski definition) is 1. The summed E-state index contributed by atoms with van der Waals surface area (Å²) in [5.41, 5.74) is 4.08. The molecule has 4 heteroatoms. The molecule has 1 saturated heterocycles. The number of methoxy groups -OCH3 is 1. The molecule has 1 fully saturated rings. The molecule has 0 spiro atoms. The molecule has 0 atom stereocenters. The number of rotatable bonds is 4. The van der Waals surface area contributed by atoms with Gasteiger partial charge in [-0.05, 0) is 43.0 Å². The van der Waals surface area contributed by atoms with Crippen molar-refractivity contribution in [1.82, 2.24) is 10.2 Å². The van der Waals surface area contributed by atoms with Gasteiger partial charge in [-0.3, -0.25) is 0 Å². The standard InChI is InChI=1S/C16H24N2O2/c1-12-10-14(4-7-18-8-5-17-6-9-18)11-15(13(12)2)16(19)20-3/h10-11,17H,4-9H2,1-3H3. The van der Waals surface area contributed by atoms with Crippen molar-refractivity contribution in [3.8, 4) is 0 Å². The molecule has 110 valence electrons. The van der Waals surface area contributed by atoms with Gasteiger partial charge in [0.05, 0.1) is 12.7 Å². The first-order chi connectivity index (χ1) is 9.61. The zero-order valence-electron chi connectivity index (χ0n) is 12.7. The summed E-state index contributed by atoms with van der Waals surface area (Å²) in [5.74, 6) is -0.241. The summed E-state index contributed by atoms with van der Waals surface area (Å²) in [5, 5.41) is 3.36. The van der Waals surface area contributed by atoms with Crippen molar-refractivity contribution in [2.45, 2.75) is 20.3 Å². The summed E-state index contributed by atoms with van der Waals surface area (Å²) < 4.78 is 4.86. The Balaban J connectivity index is 2.07. The largest absolute Gasteiger partial charge is 0.465 e. The Labute approximate surface area is 121 Å². The van der Waals surface area contributed by atoms with Crippen LogP contribution in [0.15, 0.2) is 12.1 Å². The fourth-order valence-corrected chi connectivity index (χ4v) is 2.62. The second kappa shape index (κ2) is 6.86. The third-order valence-corrected chi connectivity index (χ3v) is 4.06. The third-order valence-electron chi connectivity index (χ3n) is 4.06. The lowest BCUT2D eigenvalue weighted by atomic mass is 9.98. The van der Waals surface area contributed by atoms with E-state index < -0.39 is 0 Å². The van der Waals surface area contributed by atoms with E-state index in [2.05, 4.69) is 23.2 Å². The molecule has 0 bridgehead atoms. The van der Waals surface area contributed by atoms with Crippen LogP contribution in [0.1, 0.15) is 27.0 Å². The maximum Gasteiger partial charge on any atom is 0.338 e. The van der Waals surface area contributed by atoms with Crippen molar-refractivity contribution in [3.63, 3.8) is 0 Å². The lowest BCUT2D eigenvalue weighted by Gasteiger charge is -2.27. The average Bonchev–Trinajstić information content (AvgIpc) is 2.48. The van der Waals surface area contributed by atoms with Crippen LogP contribution >= 0.6 is 0 Å². The molecule has 0 aliphatic carbocycles. The Bertz CT molecular complexity index is 480. The quantitative estimate of drug-likeness (QED) is 0.847. The SMILES string of the molecule is COC(=O)c1cc(CCN2CCNCC2)cc(C)c1C. The number of esters is 1. The van der Waals surface area contributed by atoms with Gasteiger partial charge in [0, 0.05) is 32.7 Å². The summed E-state index contributed by atoms with van der Waals surface area (Å²) in [6.45, 7) is 9.42. The van der Waals surface area contributed by atoms with Crippen LogP contribution in [-0.4, -0.2) is 50.7 Å². The van der Waals surface area contributed by atoms with Crippen LogP contribution in [-0.2, 0) is 11.2 Å². The molecule has 1 heterocycles. The predicted molar refractivity (Wildman–Crippen MR) is 80.3 cm³/mol. The average molecular weight is 276 g/mol. The zero-order valence-corrected chi connectivity index (χ0v) is 12.7. The molecule has 0 radical (unpaired) electrons. The smallest absolute Gasteiger partial charge is 0.338 e. The molecule has 1 aromatic rings. The minimum atomic E-state index is -0.241. The Morgan fingerprint density at radius 1 is 1.30 bits per heavy atom. The predicted octanol–water partition coefficient (Wildman–Crippen LogP) is 1.54. The second-order valence-electron chi connectivity index (χ2n) is 5.42. The third kappa shape index (κ3) is 3.58. The van der Waals surface area contributed by atoms with Crippen LogP contribution in [0.2, 0.25) is 0 Å². The molecular formula is C16H24N2O2. The first kappa shape index (κ1) is 15.0. The van der Waals surface area contributed by atoms with Crippen molar-refractivity contribution in [1.29, 1.82) is 0 Å². The summed E-state index contributed by atoms with van der Waals surface area (Å²) in [6.07, 6.45) is 0.977. The molecule has 0 amide bonds. The Hall–Kier alpha value is -1.39. The van der Waals surface area contributed by atoms with Gasteiger partial charge in [0.1, 0.15) is 0 Å². The lowest BCUT2D eigenvalue weighted by Crippen LogP contribution is -2.44. The number of hydrogen-bond acceptors (Lipinski definition) is 4. The monoisotopic (exact) mass is 276 g/mol. The van der Waals surface area contributed by atoms with E-state index in [-0.39, 0.29) is 5.97 Å². The summed E-state index contributed by atoms with van der Waals surface area (Å²) >= 11 is 0. The molecule has 1 N–H and O–H groups in total. The minimum Gasteiger partial charge on any atom is -0.465 e. The van der Waals surface area contributed by atoms with E-state index in [0.29, 0.717) is 5.56 Å². The summed E-state index contributed by atoms with van der Waals surface area (Å²) in [4.78, 5) is 14.3. The van der Waals surface area contributed by atoms with E-state index in [4.69, 9.17) is 4.74 Å². The molecule has 4 nitrogen and oxygen atoms in total. The number of piperazine rings is 1. The highest BCUT2D eigenvalue weighted by molar-refractivity contribution is 5.91. The van der Waals surface area contributed by atoms with Gasteiger partial charge in [0.15, 0.2) is 0 Å². The Kier molecular flexibility index (Phi) is 5.15. The van der Waals surface area contributed by atoms with E-state index in [1.807, 2.05) is 13.0 Å². The highest BCUT2D eigenvalue weighted by atomic mass is 16.5. The van der Waals surface area contributed by atoms with Gasteiger partial charge in [0.25, 0.3) is 0 Å². The normalized spacial score (nSPS) is 16.1. The molecule has 0 aromatic heterocycles. The minimum absolute atomic E-state index is 0.241. The van der Waals surface area contributed by atoms with Crippen LogP contribution in [0.5, 0.6) is 0 Å². The van der Waals surface area contributed by atoms with E-state index in [9.17, 15) is 4.79 Å². The fourth-order valence-electron chi connectivity index (χ4n) is 2.62. The molecular weight excluding hydrogens is 252 g/mol. The van der Waals surface area contributed by atoms with Gasteiger partial charge in [-0.2, -0.15) is 0 Å². The molecule has 2 rings (SSSR count). The highest BCUT2D eigenvalue weighted by Crippen LogP contribution is 2.18. The van der Waals surface area contributed by atoms with E-state index in [1.54, 1.807) is 0 Å². The van der Waals surface area contributed by atoms with Crippen molar-refractivity contribution in [3.05, 3.63) is 34.4 Å². The summed E-state index contributed by atoms with van der Waals surface area (Å²) in [7, 11) is 1.44. The second-order valence-corrected chi connectivity index (χ2v) is 5.42. The van der Waals surface area contributed by atoms with E-state index in [0.717, 1.165) is 50.3 Å². The van der Waals surface area contributed by atoms with Gasteiger partial charge in [-0.25, -0.2) is 4.79 Å². The first-order valence-corrected chi connectivity index (χ1v) is 7.23. The summed E-state index contributed by atoms with van der Waals surface area (Å²) in [6, 6.07) is 4.17. The van der Waals surface area contributed by atoms with Crippen molar-refractivity contribution in [2.75, 3.05) is 39.8 Å². The van der Waals surface area contributed by atoms with Gasteiger partial charge < -0.3 is 15.0 Å². The molecule has 1 aliphatic rings. The maximum absolute atomic E-state index is 11.8. The van der Waals surface area contributed by atoms with Crippen LogP contribution in [0.3, 0.4) is 0 Å². The number of carbonyl (C=O) groups is 1. The van der Waals surface area contributed by atoms with Crippen molar-refractivity contribution >= 4 is 5.97 Å². The number of nitrogens with zero attached hydrogens (tertiary/aromatic N) is 1. The topological polar surface area (TPSA) is 41.6 Å². The van der Waals surface area contributed by atoms with Crippen LogP contribution in [0, 0.1) is 13.8 Å². The van der Waals surface area contributed by atoms with Gasteiger partial charge >= 0.3 is 5.97 Å². The van der Waals surface area contributed by atoms with Crippen LogP contribution < -0.4 is 5.32 Å². The molecule has 1 aromatic carbocycles. The van der Waals surface area contributed by atoms with Crippen molar-refractivity contribution in [2.24, 2.45) is 0 Å². The maximum atomic E-state index is 11.8. The van der Waals surface area contributed by atoms with Gasteiger partial charge in [-0.1, -0.05) is 6.07 Å². The number of aryl methyl sites for hydroxylation is 1. The molecule has 1 aliphatic heterocycles. The fraction of sp³-hybridized carbons (Fsp3) is 0.562. The first-order valence-electron chi connectivity index (χ1n) is 7.23. The Morgan fingerprint density at radius 2 is 2.00 bits per heavy atom. The number of nitrogens with one attached hydrogen (secondary N) is 1. The molecule has 20 heavy (non-hydrogen) atoms. The number of carbonyl (C=O) groups excluding carboxylic acids is 1. The lowest BCUT2D eigenvalue weighted by molar-refractivity contribution is 0.0599. The Morgan fingerprint density at radius 3 is 2.65 bits per heavy atom. The van der Waals surface area contributed by atoms with Crippen LogP contribution in [0.25, 0.3) is 0 Å². The number of benzene rings is 1. The number of ether oxygens (including phenoxy) is 1. The van der Waals surface area contributed by atoms with Crippen molar-refractivity contribution < 1.29 is 9.53 Å². The van der Waals surface area contributed by atoms with Crippen LogP contribution in [0.4, 0.5) is 0 Å². The van der Waals surface area contributed by atoms with Gasteiger partial charge in [0.2, 0.25) is 0 Å².